The first-order chi connectivity index (χ1) is 18.8. The molecule has 9 nitrogen and oxygen atoms in total. The van der Waals surface area contributed by atoms with Crippen molar-refractivity contribution in [3.8, 4) is 0 Å². The van der Waals surface area contributed by atoms with Crippen LogP contribution in [0.2, 0.25) is 0 Å². The van der Waals surface area contributed by atoms with E-state index in [1.165, 1.54) is 0 Å². The fourth-order valence-electron chi connectivity index (χ4n) is 7.24. The second-order valence-electron chi connectivity index (χ2n) is 11.7. The topological polar surface area (TPSA) is 111 Å². The molecular formula is C29H42N4O5S. The van der Waals surface area contributed by atoms with Gasteiger partial charge in [0.2, 0.25) is 17.7 Å². The Kier molecular flexibility index (Phi) is 8.29. The van der Waals surface area contributed by atoms with E-state index in [-0.39, 0.29) is 30.2 Å². The number of thioether (sulfide) groups is 1. The fraction of sp³-hybridized carbons (Fsp3) is 0.690. The second-order valence-corrected chi connectivity index (χ2v) is 13.6. The number of ether oxygens (including phenoxy) is 1. The maximum absolute atomic E-state index is 14.4. The molecule has 1 aromatic carbocycles. The highest BCUT2D eigenvalue weighted by atomic mass is 32.2. The number of fused-ring (bicyclic) bond motifs is 1. The van der Waals surface area contributed by atoms with Crippen molar-refractivity contribution in [3.63, 3.8) is 0 Å². The molecule has 4 heterocycles. The van der Waals surface area contributed by atoms with E-state index in [1.807, 2.05) is 44.2 Å². The third kappa shape index (κ3) is 4.98. The number of carbonyl (C=O) groups excluding carboxylic acids is 3. The van der Waals surface area contributed by atoms with E-state index in [0.29, 0.717) is 38.4 Å². The van der Waals surface area contributed by atoms with Gasteiger partial charge in [-0.05, 0) is 37.8 Å². The molecule has 4 aliphatic rings. The quantitative estimate of drug-likeness (QED) is 0.403. The molecule has 2 bridgehead atoms. The molecule has 0 saturated carbocycles. The van der Waals surface area contributed by atoms with Crippen LogP contribution in [0.3, 0.4) is 0 Å². The smallest absolute Gasteiger partial charge is 0.244 e. The lowest BCUT2D eigenvalue weighted by Crippen LogP contribution is -2.58. The molecule has 4 aliphatic heterocycles. The van der Waals surface area contributed by atoms with Crippen molar-refractivity contribution < 1.29 is 24.2 Å². The van der Waals surface area contributed by atoms with E-state index in [1.54, 1.807) is 16.7 Å². The molecule has 0 aromatic heterocycles. The summed E-state index contributed by atoms with van der Waals surface area (Å²) in [4.78, 5) is 46.1. The number of carbonyl (C=O) groups is 3. The summed E-state index contributed by atoms with van der Waals surface area (Å²) in [5, 5.41) is 16.6. The summed E-state index contributed by atoms with van der Waals surface area (Å²) < 4.78 is 4.29. The highest BCUT2D eigenvalue weighted by Gasteiger charge is 2.77. The van der Waals surface area contributed by atoms with E-state index < -0.39 is 33.4 Å². The summed E-state index contributed by atoms with van der Waals surface area (Å²) in [6.07, 6.45) is 2.21. The molecule has 0 aliphatic carbocycles. The lowest BCUT2D eigenvalue weighted by molar-refractivity contribution is -0.143. The zero-order valence-corrected chi connectivity index (χ0v) is 24.0. The molecular weight excluding hydrogens is 516 g/mol. The zero-order valence-electron chi connectivity index (χ0n) is 23.2. The number of hydrogen-bond acceptors (Lipinski definition) is 7. The van der Waals surface area contributed by atoms with Crippen molar-refractivity contribution in [2.75, 3.05) is 51.3 Å². The number of nitrogens with zero attached hydrogens (tertiary/aromatic N) is 2. The van der Waals surface area contributed by atoms with Gasteiger partial charge in [-0.2, -0.15) is 0 Å². The molecule has 1 aromatic rings. The monoisotopic (exact) mass is 558 g/mol. The van der Waals surface area contributed by atoms with E-state index in [0.717, 1.165) is 25.9 Å². The molecule has 10 heteroatoms. The summed E-state index contributed by atoms with van der Waals surface area (Å²) in [5.74, 6) is -1.69. The van der Waals surface area contributed by atoms with Gasteiger partial charge in [-0.15, -0.1) is 11.8 Å². The number of aliphatic hydroxyl groups excluding tert-OH is 1. The molecule has 7 atom stereocenters. The van der Waals surface area contributed by atoms with Crippen LogP contribution in [0.25, 0.3) is 0 Å². The highest BCUT2D eigenvalue weighted by molar-refractivity contribution is 8.02. The Hall–Kier alpha value is -2.14. The van der Waals surface area contributed by atoms with E-state index >= 15 is 0 Å². The minimum atomic E-state index is -0.729. The summed E-state index contributed by atoms with van der Waals surface area (Å²) in [6, 6.07) is 8.10. The molecule has 0 radical (unpaired) electrons. The fourth-order valence-corrected chi connectivity index (χ4v) is 9.58. The Bertz CT molecular complexity index is 1070. The standard InChI is InChI=1S/C29H42N4O5S/c1-4-19(2)21(18-34)33-24(26(36)30-12-13-32-14-16-38-17-15-32)29-11-10-28(3,39-29)22(23(29)27(33)37)25(35)31-20-8-6-5-7-9-20/h5-9,19,21-24,34H,4,10-18H2,1-3H3,(H,30,36)(H,31,35)/t19-,21-,22+,23-,24?,28-,29?/m0/s1. The van der Waals surface area contributed by atoms with Gasteiger partial charge in [0.1, 0.15) is 6.04 Å². The molecule has 2 unspecified atom stereocenters. The van der Waals surface area contributed by atoms with Crippen LogP contribution in [0.4, 0.5) is 5.69 Å². The predicted octanol–water partition coefficient (Wildman–Crippen LogP) is 1.96. The first-order valence-corrected chi connectivity index (χ1v) is 15.1. The van der Waals surface area contributed by atoms with Crippen molar-refractivity contribution >= 4 is 35.2 Å². The Labute approximate surface area is 235 Å². The van der Waals surface area contributed by atoms with Gasteiger partial charge in [-0.3, -0.25) is 19.3 Å². The largest absolute Gasteiger partial charge is 0.394 e. The third-order valence-corrected chi connectivity index (χ3v) is 11.4. The number of rotatable bonds is 10. The number of hydrogen-bond donors (Lipinski definition) is 3. The number of likely N-dealkylation sites (tertiary alicyclic amines) is 1. The summed E-state index contributed by atoms with van der Waals surface area (Å²) in [7, 11) is 0. The molecule has 1 spiro atoms. The van der Waals surface area contributed by atoms with Crippen LogP contribution in [0.5, 0.6) is 0 Å². The van der Waals surface area contributed by atoms with E-state index in [9.17, 15) is 19.5 Å². The number of benzene rings is 1. The van der Waals surface area contributed by atoms with Crippen LogP contribution in [-0.4, -0.2) is 100 Å². The SMILES string of the molecule is CC[C@H](C)[C@H](CO)N1C(=O)[C@@H]2[C@H](C(=O)Nc3ccccc3)[C@]3(C)CCC2(S3)C1C(=O)NCCN1CCOCC1. The molecule has 5 rings (SSSR count). The van der Waals surface area contributed by atoms with Gasteiger partial charge < -0.3 is 25.4 Å². The van der Waals surface area contributed by atoms with Crippen molar-refractivity contribution in [1.29, 1.82) is 0 Å². The van der Waals surface area contributed by atoms with Crippen LogP contribution < -0.4 is 10.6 Å². The number of amides is 3. The molecule has 39 heavy (non-hydrogen) atoms. The average Bonchev–Trinajstić information content (AvgIpc) is 3.51. The maximum Gasteiger partial charge on any atom is 0.244 e. The normalized spacial score (nSPS) is 33.6. The lowest BCUT2D eigenvalue weighted by Gasteiger charge is -2.39. The van der Waals surface area contributed by atoms with Crippen LogP contribution in [0, 0.1) is 17.8 Å². The highest BCUT2D eigenvalue weighted by Crippen LogP contribution is 2.71. The van der Waals surface area contributed by atoms with Crippen molar-refractivity contribution in [3.05, 3.63) is 30.3 Å². The van der Waals surface area contributed by atoms with E-state index in [2.05, 4.69) is 22.5 Å². The molecule has 3 amide bonds. The van der Waals surface area contributed by atoms with Gasteiger partial charge in [0, 0.05) is 36.6 Å². The minimum Gasteiger partial charge on any atom is -0.394 e. The molecule has 4 fully saturated rings. The number of morpholine rings is 1. The van der Waals surface area contributed by atoms with Crippen LogP contribution >= 0.6 is 11.8 Å². The Balaban J connectivity index is 1.44. The lowest BCUT2D eigenvalue weighted by atomic mass is 9.66. The van der Waals surface area contributed by atoms with Gasteiger partial charge >= 0.3 is 0 Å². The first-order valence-electron chi connectivity index (χ1n) is 14.3. The van der Waals surface area contributed by atoms with Crippen molar-refractivity contribution in [2.24, 2.45) is 17.8 Å². The number of nitrogens with one attached hydrogen (secondary N) is 2. The second kappa shape index (κ2) is 11.4. The number of aliphatic hydroxyl groups is 1. The Morgan fingerprint density at radius 1 is 1.18 bits per heavy atom. The van der Waals surface area contributed by atoms with Crippen LogP contribution in [0.15, 0.2) is 30.3 Å². The maximum atomic E-state index is 14.4. The number of anilines is 1. The summed E-state index contributed by atoms with van der Waals surface area (Å²) in [5.41, 5.74) is 0.695. The summed E-state index contributed by atoms with van der Waals surface area (Å²) >= 11 is 1.66. The first kappa shape index (κ1) is 28.4. The van der Waals surface area contributed by atoms with Gasteiger partial charge in [0.05, 0.1) is 42.4 Å². The van der Waals surface area contributed by atoms with Crippen molar-refractivity contribution in [1.82, 2.24) is 15.1 Å². The molecule has 4 saturated heterocycles. The van der Waals surface area contributed by atoms with Gasteiger partial charge in [-0.25, -0.2) is 0 Å². The van der Waals surface area contributed by atoms with Crippen molar-refractivity contribution in [2.45, 2.75) is 61.6 Å². The Morgan fingerprint density at radius 2 is 1.90 bits per heavy atom. The van der Waals surface area contributed by atoms with Gasteiger partial charge in [0.25, 0.3) is 0 Å². The molecule has 3 N–H and O–H groups in total. The number of para-hydroxylation sites is 1. The van der Waals surface area contributed by atoms with Gasteiger partial charge in [0.15, 0.2) is 0 Å². The Morgan fingerprint density at radius 3 is 2.56 bits per heavy atom. The van der Waals surface area contributed by atoms with E-state index in [4.69, 9.17) is 4.74 Å². The van der Waals surface area contributed by atoms with Crippen LogP contribution in [-0.2, 0) is 19.1 Å². The predicted molar refractivity (Wildman–Crippen MR) is 151 cm³/mol. The molecule has 214 valence electrons. The minimum absolute atomic E-state index is 0.00667. The van der Waals surface area contributed by atoms with Gasteiger partial charge in [-0.1, -0.05) is 38.5 Å². The summed E-state index contributed by atoms with van der Waals surface area (Å²) in [6.45, 7) is 10.1. The van der Waals surface area contributed by atoms with Crippen LogP contribution in [0.1, 0.15) is 40.0 Å². The average molecular weight is 559 g/mol. The third-order valence-electron chi connectivity index (χ3n) is 9.46. The zero-order chi connectivity index (χ0) is 27.8.